The van der Waals surface area contributed by atoms with Crippen LogP contribution < -0.4 is 5.32 Å². The lowest BCUT2D eigenvalue weighted by atomic mass is 9.93. The first kappa shape index (κ1) is 23.9. The van der Waals surface area contributed by atoms with Crippen molar-refractivity contribution in [2.75, 3.05) is 0 Å². The zero-order chi connectivity index (χ0) is 25.2. The number of rotatable bonds is 6. The van der Waals surface area contributed by atoms with Crippen LogP contribution in [0, 0.1) is 12.7 Å². The van der Waals surface area contributed by atoms with Crippen LogP contribution in [0.1, 0.15) is 48.0 Å². The van der Waals surface area contributed by atoms with Crippen molar-refractivity contribution in [2.45, 2.75) is 39.8 Å². The number of hydrogen-bond donors (Lipinski definition) is 1. The van der Waals surface area contributed by atoms with E-state index in [1.807, 2.05) is 6.92 Å². The van der Waals surface area contributed by atoms with Crippen LogP contribution in [0.4, 0.5) is 4.39 Å². The molecule has 0 spiro atoms. The van der Waals surface area contributed by atoms with Crippen molar-refractivity contribution in [3.8, 4) is 11.4 Å². The van der Waals surface area contributed by atoms with E-state index in [1.165, 1.54) is 23.3 Å². The van der Waals surface area contributed by atoms with E-state index in [9.17, 15) is 4.39 Å². The van der Waals surface area contributed by atoms with Crippen LogP contribution in [0.15, 0.2) is 83.0 Å². The number of benzene rings is 3. The maximum atomic E-state index is 13.8. The molecule has 4 aromatic rings. The minimum atomic E-state index is -0.350. The summed E-state index contributed by atoms with van der Waals surface area (Å²) in [7, 11) is 0. The minimum absolute atomic E-state index is 0.265. The van der Waals surface area contributed by atoms with E-state index in [0.29, 0.717) is 28.9 Å². The molecular weight excluding hydrogens is 471 g/mol. The average Bonchev–Trinajstić information content (AvgIpc) is 3.37. The third-order valence-electron chi connectivity index (χ3n) is 6.52. The summed E-state index contributed by atoms with van der Waals surface area (Å²) in [5, 5.41) is 8.30. The molecule has 3 aromatic carbocycles. The van der Waals surface area contributed by atoms with Gasteiger partial charge < -0.3 is 14.7 Å². The van der Waals surface area contributed by atoms with Gasteiger partial charge in [-0.15, -0.1) is 0 Å². The molecule has 1 aliphatic heterocycles. The maximum absolute atomic E-state index is 13.8. The number of thiocarbonyl (C=S) groups is 1. The first-order valence-corrected chi connectivity index (χ1v) is 12.4. The molecule has 182 valence electrons. The second-order valence-electron chi connectivity index (χ2n) is 8.98. The Morgan fingerprint density at radius 1 is 1.00 bits per heavy atom. The van der Waals surface area contributed by atoms with Gasteiger partial charge in [0, 0.05) is 17.8 Å². The molecule has 0 aliphatic carbocycles. The fraction of sp³-hybridized carbons (Fsp3) is 0.207. The van der Waals surface area contributed by atoms with Crippen molar-refractivity contribution in [3.05, 3.63) is 112 Å². The number of hydrogen-bond acceptors (Lipinski definition) is 4. The highest BCUT2D eigenvalue weighted by Crippen LogP contribution is 2.38. The van der Waals surface area contributed by atoms with Gasteiger partial charge in [-0.3, -0.25) is 0 Å². The number of nitrogens with one attached hydrogen (secondary N) is 1. The summed E-state index contributed by atoms with van der Waals surface area (Å²) in [5.41, 5.74) is 6.98. The van der Waals surface area contributed by atoms with Crippen LogP contribution in [0.25, 0.3) is 17.0 Å². The number of aryl methyl sites for hydroxylation is 2. The molecule has 2 heterocycles. The molecule has 0 radical (unpaired) electrons. The van der Waals surface area contributed by atoms with Crippen LogP contribution in [0.5, 0.6) is 0 Å². The average molecular weight is 499 g/mol. The van der Waals surface area contributed by atoms with E-state index < -0.39 is 0 Å². The number of halogens is 1. The van der Waals surface area contributed by atoms with Gasteiger partial charge in [-0.1, -0.05) is 78.3 Å². The Labute approximate surface area is 215 Å². The van der Waals surface area contributed by atoms with Gasteiger partial charge in [0.1, 0.15) is 5.82 Å². The molecule has 5 rings (SSSR count). The van der Waals surface area contributed by atoms with Crippen LogP contribution >= 0.6 is 12.2 Å². The molecule has 1 aliphatic rings. The zero-order valence-electron chi connectivity index (χ0n) is 20.5. The smallest absolute Gasteiger partial charge is 0.258 e. The first-order chi connectivity index (χ1) is 17.4. The highest BCUT2D eigenvalue weighted by atomic mass is 32.1. The van der Waals surface area contributed by atoms with Gasteiger partial charge in [0.2, 0.25) is 5.82 Å². The lowest BCUT2D eigenvalue weighted by Gasteiger charge is -2.37. The summed E-state index contributed by atoms with van der Waals surface area (Å²) in [5.74, 6) is 0.362. The van der Waals surface area contributed by atoms with Crippen LogP contribution in [0.3, 0.4) is 0 Å². The Bertz CT molecular complexity index is 1430. The van der Waals surface area contributed by atoms with Gasteiger partial charge in [0.25, 0.3) is 5.89 Å². The van der Waals surface area contributed by atoms with E-state index >= 15 is 0 Å². The fourth-order valence-corrected chi connectivity index (χ4v) is 4.72. The second kappa shape index (κ2) is 10.0. The number of aromatic nitrogens is 2. The van der Waals surface area contributed by atoms with Gasteiger partial charge in [-0.05, 0) is 61.3 Å². The van der Waals surface area contributed by atoms with E-state index in [1.54, 1.807) is 12.1 Å². The Kier molecular flexibility index (Phi) is 6.65. The predicted molar refractivity (Wildman–Crippen MR) is 143 cm³/mol. The lowest BCUT2D eigenvalue weighted by Crippen LogP contribution is -2.45. The van der Waals surface area contributed by atoms with E-state index in [0.717, 1.165) is 28.8 Å². The van der Waals surface area contributed by atoms with Crippen molar-refractivity contribution in [1.29, 1.82) is 0 Å². The van der Waals surface area contributed by atoms with Crippen molar-refractivity contribution < 1.29 is 8.91 Å². The standard InChI is InChI=1S/C29H27FN4OS/c1-4-20-12-14-22(15-13-20)26-25(28-32-27(33-35-28)23-6-5-7-24(30)16-23)19(3)34(29(36)31-26)17-21-10-8-18(2)9-11-21/h5-16,26H,4,17H2,1-3H3,(H,31,36). The summed E-state index contributed by atoms with van der Waals surface area (Å²) >= 11 is 5.83. The van der Waals surface area contributed by atoms with Gasteiger partial charge in [-0.25, -0.2) is 4.39 Å². The van der Waals surface area contributed by atoms with Gasteiger partial charge in [-0.2, -0.15) is 4.98 Å². The largest absolute Gasteiger partial charge is 0.351 e. The molecule has 0 bridgehead atoms. The second-order valence-corrected chi connectivity index (χ2v) is 9.37. The SMILES string of the molecule is CCc1ccc(C2NC(=S)N(Cc3ccc(C)cc3)C(C)=C2c2nc(-c3cccc(F)c3)no2)cc1. The molecule has 0 saturated heterocycles. The highest BCUT2D eigenvalue weighted by molar-refractivity contribution is 7.80. The molecule has 0 amide bonds. The van der Waals surface area contributed by atoms with Crippen molar-refractivity contribution in [3.63, 3.8) is 0 Å². The Morgan fingerprint density at radius 3 is 2.42 bits per heavy atom. The van der Waals surface area contributed by atoms with Gasteiger partial charge in [0.15, 0.2) is 5.11 Å². The third kappa shape index (κ3) is 4.79. The summed E-state index contributed by atoms with van der Waals surface area (Å²) in [6, 6.07) is 22.8. The Hall–Kier alpha value is -3.84. The van der Waals surface area contributed by atoms with E-state index in [4.69, 9.17) is 16.7 Å². The maximum Gasteiger partial charge on any atom is 0.258 e. The molecular formula is C29H27FN4OS. The molecule has 5 nitrogen and oxygen atoms in total. The molecule has 1 unspecified atom stereocenters. The van der Waals surface area contributed by atoms with Crippen molar-refractivity contribution in [2.24, 2.45) is 0 Å². The molecule has 1 atom stereocenters. The number of nitrogens with zero attached hydrogens (tertiary/aromatic N) is 3. The highest BCUT2D eigenvalue weighted by Gasteiger charge is 2.34. The first-order valence-electron chi connectivity index (χ1n) is 12.0. The number of allylic oxidation sites excluding steroid dienone is 1. The molecule has 1 N–H and O–H groups in total. The van der Waals surface area contributed by atoms with Crippen LogP contribution in [0.2, 0.25) is 0 Å². The van der Waals surface area contributed by atoms with Gasteiger partial charge in [0.05, 0.1) is 11.6 Å². The van der Waals surface area contributed by atoms with E-state index in [2.05, 4.69) is 82.7 Å². The van der Waals surface area contributed by atoms with Crippen LogP contribution in [-0.2, 0) is 13.0 Å². The molecule has 0 fully saturated rings. The quantitative estimate of drug-likeness (QED) is 0.302. The molecule has 0 saturated carbocycles. The predicted octanol–water partition coefficient (Wildman–Crippen LogP) is 6.61. The summed E-state index contributed by atoms with van der Waals surface area (Å²) < 4.78 is 19.6. The third-order valence-corrected chi connectivity index (χ3v) is 6.86. The zero-order valence-corrected chi connectivity index (χ0v) is 21.3. The van der Waals surface area contributed by atoms with Crippen molar-refractivity contribution >= 4 is 22.9 Å². The van der Waals surface area contributed by atoms with Gasteiger partial charge >= 0.3 is 0 Å². The lowest BCUT2D eigenvalue weighted by molar-refractivity contribution is 0.396. The summed E-state index contributed by atoms with van der Waals surface area (Å²) in [6.07, 6.45) is 0.962. The normalized spacial score (nSPS) is 15.8. The Balaban J connectivity index is 1.59. The monoisotopic (exact) mass is 498 g/mol. The Morgan fingerprint density at radius 2 is 1.72 bits per heavy atom. The topological polar surface area (TPSA) is 54.2 Å². The minimum Gasteiger partial charge on any atom is -0.351 e. The summed E-state index contributed by atoms with van der Waals surface area (Å²) in [4.78, 5) is 6.72. The van der Waals surface area contributed by atoms with Crippen molar-refractivity contribution in [1.82, 2.24) is 20.4 Å². The molecule has 36 heavy (non-hydrogen) atoms. The van der Waals surface area contributed by atoms with E-state index in [-0.39, 0.29) is 11.9 Å². The molecule has 1 aromatic heterocycles. The summed E-state index contributed by atoms with van der Waals surface area (Å²) in [6.45, 7) is 6.83. The van der Waals surface area contributed by atoms with Crippen LogP contribution in [-0.4, -0.2) is 20.2 Å². The molecule has 7 heteroatoms. The fourth-order valence-electron chi connectivity index (χ4n) is 4.40.